The van der Waals surface area contributed by atoms with Gasteiger partial charge < -0.3 is 25.0 Å². The Morgan fingerprint density at radius 2 is 2.00 bits per heavy atom. The standard InChI is InChI=1S/C19H28F2N4O3/c1-3-22-19(24-13-17(26)25-10-4-5-11-25)23-9-8-14-6-7-15(27-2)16(12-14)28-18(20)21/h6-7,12,18H,3-5,8-11,13H2,1-2H3,(H2,22,23,24). The van der Waals surface area contributed by atoms with Crippen molar-refractivity contribution < 1.29 is 23.0 Å². The summed E-state index contributed by atoms with van der Waals surface area (Å²) in [6.45, 7) is 1.92. The van der Waals surface area contributed by atoms with E-state index in [0.717, 1.165) is 31.5 Å². The summed E-state index contributed by atoms with van der Waals surface area (Å²) in [5.74, 6) is 0.838. The molecule has 156 valence electrons. The lowest BCUT2D eigenvalue weighted by Gasteiger charge is -2.15. The number of benzene rings is 1. The summed E-state index contributed by atoms with van der Waals surface area (Å²) in [4.78, 5) is 18.3. The summed E-state index contributed by atoms with van der Waals surface area (Å²) in [6.07, 6.45) is 2.66. The average molecular weight is 398 g/mol. The summed E-state index contributed by atoms with van der Waals surface area (Å²) < 4.78 is 34.6. The van der Waals surface area contributed by atoms with Gasteiger partial charge in [0.15, 0.2) is 17.5 Å². The Morgan fingerprint density at radius 3 is 2.64 bits per heavy atom. The smallest absolute Gasteiger partial charge is 0.387 e. The second-order valence-corrected chi connectivity index (χ2v) is 6.32. The third kappa shape index (κ3) is 6.86. The Kier molecular flexibility index (Phi) is 8.77. The normalized spacial score (nSPS) is 14.3. The maximum absolute atomic E-state index is 12.5. The van der Waals surface area contributed by atoms with E-state index in [0.29, 0.717) is 25.5 Å². The number of nitrogens with one attached hydrogen (secondary N) is 2. The van der Waals surface area contributed by atoms with Crippen molar-refractivity contribution in [1.82, 2.24) is 15.5 Å². The summed E-state index contributed by atoms with van der Waals surface area (Å²) in [6, 6.07) is 4.93. The van der Waals surface area contributed by atoms with E-state index in [1.54, 1.807) is 12.1 Å². The van der Waals surface area contributed by atoms with Crippen molar-refractivity contribution >= 4 is 11.9 Å². The van der Waals surface area contributed by atoms with Gasteiger partial charge in [-0.15, -0.1) is 0 Å². The number of rotatable bonds is 9. The third-order valence-corrected chi connectivity index (χ3v) is 4.33. The first-order valence-electron chi connectivity index (χ1n) is 9.45. The Morgan fingerprint density at radius 1 is 1.25 bits per heavy atom. The van der Waals surface area contributed by atoms with Crippen LogP contribution in [0.1, 0.15) is 25.3 Å². The number of methoxy groups -OCH3 is 1. The van der Waals surface area contributed by atoms with Gasteiger partial charge in [-0.3, -0.25) is 4.79 Å². The molecule has 1 aliphatic heterocycles. The number of amides is 1. The first kappa shape index (κ1) is 21.7. The molecule has 1 fully saturated rings. The van der Waals surface area contributed by atoms with E-state index in [4.69, 9.17) is 4.74 Å². The summed E-state index contributed by atoms with van der Waals surface area (Å²) in [7, 11) is 1.40. The molecule has 1 saturated heterocycles. The highest BCUT2D eigenvalue weighted by molar-refractivity contribution is 5.85. The first-order valence-corrected chi connectivity index (χ1v) is 9.45. The van der Waals surface area contributed by atoms with Crippen LogP contribution in [0.4, 0.5) is 8.78 Å². The van der Waals surface area contributed by atoms with Crippen LogP contribution in [0.25, 0.3) is 0 Å². The first-order chi connectivity index (χ1) is 13.5. The van der Waals surface area contributed by atoms with Gasteiger partial charge in [-0.05, 0) is 43.9 Å². The fourth-order valence-electron chi connectivity index (χ4n) is 2.94. The van der Waals surface area contributed by atoms with Gasteiger partial charge in [-0.25, -0.2) is 4.99 Å². The number of hydrogen-bond acceptors (Lipinski definition) is 4. The van der Waals surface area contributed by atoms with E-state index < -0.39 is 6.61 Å². The van der Waals surface area contributed by atoms with Crippen molar-refractivity contribution in [2.45, 2.75) is 32.8 Å². The van der Waals surface area contributed by atoms with Crippen LogP contribution in [0, 0.1) is 0 Å². The van der Waals surface area contributed by atoms with Crippen LogP contribution < -0.4 is 20.1 Å². The molecular formula is C19H28F2N4O3. The lowest BCUT2D eigenvalue weighted by Crippen LogP contribution is -2.39. The van der Waals surface area contributed by atoms with Crippen LogP contribution in [0.15, 0.2) is 23.2 Å². The lowest BCUT2D eigenvalue weighted by atomic mass is 10.1. The second-order valence-electron chi connectivity index (χ2n) is 6.32. The van der Waals surface area contributed by atoms with Gasteiger partial charge >= 0.3 is 6.61 Å². The molecule has 1 aromatic carbocycles. The molecule has 0 aromatic heterocycles. The minimum atomic E-state index is -2.91. The Balaban J connectivity index is 1.89. The number of likely N-dealkylation sites (tertiary alicyclic amines) is 1. The van der Waals surface area contributed by atoms with E-state index in [1.165, 1.54) is 13.2 Å². The number of guanidine groups is 1. The summed E-state index contributed by atoms with van der Waals surface area (Å²) >= 11 is 0. The van der Waals surface area contributed by atoms with Gasteiger partial charge in [0, 0.05) is 26.2 Å². The SMILES string of the molecule is CCNC(=NCC(=O)N1CCCC1)NCCc1ccc(OC)c(OC(F)F)c1. The molecular weight excluding hydrogens is 370 g/mol. The molecule has 0 unspecified atom stereocenters. The third-order valence-electron chi connectivity index (χ3n) is 4.33. The summed E-state index contributed by atoms with van der Waals surface area (Å²) in [5, 5.41) is 6.25. The number of aliphatic imine (C=N–C) groups is 1. The van der Waals surface area contributed by atoms with Crippen molar-refractivity contribution in [3.8, 4) is 11.5 Å². The number of hydrogen-bond donors (Lipinski definition) is 2. The largest absolute Gasteiger partial charge is 0.493 e. The monoisotopic (exact) mass is 398 g/mol. The topological polar surface area (TPSA) is 75.2 Å². The Hall–Kier alpha value is -2.58. The van der Waals surface area contributed by atoms with Gasteiger partial charge in [0.05, 0.1) is 7.11 Å². The molecule has 0 spiro atoms. The fourth-order valence-corrected chi connectivity index (χ4v) is 2.94. The number of alkyl halides is 2. The average Bonchev–Trinajstić information content (AvgIpc) is 3.20. The van der Waals surface area contributed by atoms with E-state index >= 15 is 0 Å². The van der Waals surface area contributed by atoms with Gasteiger partial charge in [0.2, 0.25) is 5.91 Å². The minimum absolute atomic E-state index is 0.00628. The minimum Gasteiger partial charge on any atom is -0.493 e. The number of halogens is 2. The molecule has 1 aliphatic rings. The molecule has 28 heavy (non-hydrogen) atoms. The molecule has 2 N–H and O–H groups in total. The molecule has 1 heterocycles. The zero-order chi connectivity index (χ0) is 20.4. The van der Waals surface area contributed by atoms with Crippen molar-refractivity contribution in [1.29, 1.82) is 0 Å². The maximum Gasteiger partial charge on any atom is 0.387 e. The lowest BCUT2D eigenvalue weighted by molar-refractivity contribution is -0.128. The Labute approximate surface area is 164 Å². The molecule has 0 bridgehead atoms. The zero-order valence-corrected chi connectivity index (χ0v) is 16.3. The van der Waals surface area contributed by atoms with E-state index in [-0.39, 0.29) is 24.0 Å². The van der Waals surface area contributed by atoms with Crippen molar-refractivity contribution in [2.24, 2.45) is 4.99 Å². The van der Waals surface area contributed by atoms with Crippen LogP contribution in [-0.2, 0) is 11.2 Å². The highest BCUT2D eigenvalue weighted by Crippen LogP contribution is 2.29. The van der Waals surface area contributed by atoms with Crippen LogP contribution in [0.5, 0.6) is 11.5 Å². The van der Waals surface area contributed by atoms with Gasteiger partial charge in [-0.2, -0.15) is 8.78 Å². The van der Waals surface area contributed by atoms with Gasteiger partial charge in [0.1, 0.15) is 6.54 Å². The molecule has 1 aromatic rings. The van der Waals surface area contributed by atoms with Crippen LogP contribution in [0.2, 0.25) is 0 Å². The fraction of sp³-hybridized carbons (Fsp3) is 0.579. The predicted molar refractivity (Wildman–Crippen MR) is 103 cm³/mol. The number of ether oxygens (including phenoxy) is 2. The van der Waals surface area contributed by atoms with Crippen molar-refractivity contribution in [2.75, 3.05) is 39.8 Å². The van der Waals surface area contributed by atoms with Crippen LogP contribution in [0.3, 0.4) is 0 Å². The van der Waals surface area contributed by atoms with Crippen molar-refractivity contribution in [3.05, 3.63) is 23.8 Å². The molecule has 7 nitrogen and oxygen atoms in total. The van der Waals surface area contributed by atoms with Crippen molar-refractivity contribution in [3.63, 3.8) is 0 Å². The molecule has 0 atom stereocenters. The summed E-state index contributed by atoms with van der Waals surface area (Å²) in [5.41, 5.74) is 0.813. The van der Waals surface area contributed by atoms with Gasteiger partial charge in [0.25, 0.3) is 0 Å². The molecule has 0 saturated carbocycles. The van der Waals surface area contributed by atoms with E-state index in [9.17, 15) is 13.6 Å². The van der Waals surface area contributed by atoms with Crippen LogP contribution in [-0.4, -0.2) is 63.2 Å². The van der Waals surface area contributed by atoms with Crippen LogP contribution >= 0.6 is 0 Å². The number of nitrogens with zero attached hydrogens (tertiary/aromatic N) is 2. The second kappa shape index (κ2) is 11.3. The number of carbonyl (C=O) groups is 1. The highest BCUT2D eigenvalue weighted by atomic mass is 19.3. The van der Waals surface area contributed by atoms with Gasteiger partial charge in [-0.1, -0.05) is 6.07 Å². The molecule has 1 amide bonds. The molecule has 0 radical (unpaired) electrons. The molecule has 0 aliphatic carbocycles. The maximum atomic E-state index is 12.5. The Bertz CT molecular complexity index is 665. The molecule has 2 rings (SSSR count). The zero-order valence-electron chi connectivity index (χ0n) is 16.3. The van der Waals surface area contributed by atoms with E-state index in [2.05, 4.69) is 20.4 Å². The predicted octanol–water partition coefficient (Wildman–Crippen LogP) is 2.02. The van der Waals surface area contributed by atoms with E-state index in [1.807, 2.05) is 11.8 Å². The highest BCUT2D eigenvalue weighted by Gasteiger charge is 2.17. The quantitative estimate of drug-likeness (QED) is 0.492. The number of carbonyl (C=O) groups excluding carboxylic acids is 1. The molecule has 9 heteroatoms.